The van der Waals surface area contributed by atoms with Crippen LogP contribution >= 0.6 is 27.7 Å². The van der Waals surface area contributed by atoms with Gasteiger partial charge in [-0.2, -0.15) is 0 Å². The highest BCUT2D eigenvalue weighted by Gasteiger charge is 2.01. The Hall–Kier alpha value is -0.210. The van der Waals surface area contributed by atoms with Crippen molar-refractivity contribution in [1.29, 1.82) is 0 Å². The first-order chi connectivity index (χ1) is 7.17. The van der Waals surface area contributed by atoms with Gasteiger partial charge in [-0.15, -0.1) is 11.8 Å². The van der Waals surface area contributed by atoms with Crippen LogP contribution in [0.25, 0.3) is 6.08 Å². The van der Waals surface area contributed by atoms with Gasteiger partial charge in [0.05, 0.1) is 0 Å². The molecule has 0 saturated carbocycles. The smallest absolute Gasteiger partial charge is 0.0247 e. The third-order valence-corrected chi connectivity index (χ3v) is 3.75. The summed E-state index contributed by atoms with van der Waals surface area (Å²) in [6.45, 7) is 4.45. The molecule has 0 heterocycles. The van der Waals surface area contributed by atoms with Crippen LogP contribution in [0.4, 0.5) is 0 Å². The van der Waals surface area contributed by atoms with E-state index in [1.54, 1.807) is 11.8 Å². The molecular weight excluding hydrogens is 268 g/mol. The zero-order valence-electron chi connectivity index (χ0n) is 9.46. The number of rotatable bonds is 4. The van der Waals surface area contributed by atoms with Crippen molar-refractivity contribution in [1.82, 2.24) is 0 Å². The van der Waals surface area contributed by atoms with E-state index in [-0.39, 0.29) is 0 Å². The molecule has 0 aliphatic rings. The van der Waals surface area contributed by atoms with Crippen LogP contribution < -0.4 is 0 Å². The first-order valence-electron chi connectivity index (χ1n) is 5.08. The Morgan fingerprint density at radius 1 is 1.33 bits per heavy atom. The predicted octanol–water partition coefficient (Wildman–Crippen LogP) is 4.84. The van der Waals surface area contributed by atoms with E-state index in [0.717, 1.165) is 5.33 Å². The van der Waals surface area contributed by atoms with Crippen molar-refractivity contribution in [2.45, 2.75) is 18.7 Å². The summed E-state index contributed by atoms with van der Waals surface area (Å²) < 4.78 is 0. The molecule has 0 aliphatic carbocycles. The topological polar surface area (TPSA) is 0 Å². The summed E-state index contributed by atoms with van der Waals surface area (Å²) in [5.41, 5.74) is 2.72. The SMILES string of the molecule is CSc1ccc(C=C(CBr)C(C)C)cc1. The zero-order valence-corrected chi connectivity index (χ0v) is 11.9. The van der Waals surface area contributed by atoms with E-state index in [0.29, 0.717) is 5.92 Å². The first-order valence-corrected chi connectivity index (χ1v) is 7.42. The van der Waals surface area contributed by atoms with Crippen LogP contribution in [0.1, 0.15) is 19.4 Å². The van der Waals surface area contributed by atoms with Crippen molar-refractivity contribution in [3.8, 4) is 0 Å². The van der Waals surface area contributed by atoms with Gasteiger partial charge in [-0.25, -0.2) is 0 Å². The maximum atomic E-state index is 3.53. The second kappa shape index (κ2) is 6.39. The van der Waals surface area contributed by atoms with Gasteiger partial charge in [0.2, 0.25) is 0 Å². The fourth-order valence-electron chi connectivity index (χ4n) is 1.27. The number of benzene rings is 1. The van der Waals surface area contributed by atoms with Crippen LogP contribution in [0.15, 0.2) is 34.7 Å². The van der Waals surface area contributed by atoms with Crippen molar-refractivity contribution in [3.05, 3.63) is 35.4 Å². The fraction of sp³-hybridized carbons (Fsp3) is 0.385. The van der Waals surface area contributed by atoms with Gasteiger partial charge in [0.1, 0.15) is 0 Å². The molecule has 15 heavy (non-hydrogen) atoms. The quantitative estimate of drug-likeness (QED) is 0.563. The Morgan fingerprint density at radius 3 is 2.33 bits per heavy atom. The summed E-state index contributed by atoms with van der Waals surface area (Å²) in [6, 6.07) is 8.69. The van der Waals surface area contributed by atoms with Crippen molar-refractivity contribution in [3.63, 3.8) is 0 Å². The third kappa shape index (κ3) is 4.04. The highest BCUT2D eigenvalue weighted by molar-refractivity contribution is 9.09. The van der Waals surface area contributed by atoms with Crippen molar-refractivity contribution in [2.24, 2.45) is 5.92 Å². The molecule has 0 fully saturated rings. The Bertz CT molecular complexity index is 325. The molecule has 0 radical (unpaired) electrons. The number of hydrogen-bond acceptors (Lipinski definition) is 1. The lowest BCUT2D eigenvalue weighted by atomic mass is 10.0. The Labute approximate surface area is 105 Å². The number of hydrogen-bond donors (Lipinski definition) is 0. The molecule has 0 atom stereocenters. The van der Waals surface area contributed by atoms with E-state index in [4.69, 9.17) is 0 Å². The van der Waals surface area contributed by atoms with Gasteiger partial charge in [-0.3, -0.25) is 0 Å². The van der Waals surface area contributed by atoms with E-state index in [9.17, 15) is 0 Å². The van der Waals surface area contributed by atoms with Crippen LogP contribution in [0.3, 0.4) is 0 Å². The number of thioether (sulfide) groups is 1. The van der Waals surface area contributed by atoms with Gasteiger partial charge in [-0.1, -0.05) is 53.6 Å². The molecule has 1 aromatic carbocycles. The molecule has 2 heteroatoms. The molecule has 0 amide bonds. The average Bonchev–Trinajstić information content (AvgIpc) is 2.26. The summed E-state index contributed by atoms with van der Waals surface area (Å²) in [5, 5.41) is 0.953. The van der Waals surface area contributed by atoms with E-state index in [1.807, 2.05) is 0 Å². The molecule has 82 valence electrons. The monoisotopic (exact) mass is 284 g/mol. The average molecular weight is 285 g/mol. The predicted molar refractivity (Wildman–Crippen MR) is 74.8 cm³/mol. The van der Waals surface area contributed by atoms with E-state index >= 15 is 0 Å². The Balaban J connectivity index is 2.87. The summed E-state index contributed by atoms with van der Waals surface area (Å²) in [5.74, 6) is 0.601. The molecule has 1 rings (SSSR count). The minimum Gasteiger partial charge on any atom is -0.130 e. The fourth-order valence-corrected chi connectivity index (χ4v) is 2.49. The van der Waals surface area contributed by atoms with Gasteiger partial charge in [0.15, 0.2) is 0 Å². The molecular formula is C13H17BrS. The summed E-state index contributed by atoms with van der Waals surface area (Å²) in [7, 11) is 0. The standard InChI is InChI=1S/C13H17BrS/c1-10(2)12(9-14)8-11-4-6-13(15-3)7-5-11/h4-8,10H,9H2,1-3H3. The van der Waals surface area contributed by atoms with E-state index < -0.39 is 0 Å². The van der Waals surface area contributed by atoms with E-state index in [2.05, 4.69) is 66.4 Å². The lowest BCUT2D eigenvalue weighted by Gasteiger charge is -2.07. The molecule has 0 nitrogen and oxygen atoms in total. The molecule has 0 aromatic heterocycles. The Morgan fingerprint density at radius 2 is 1.93 bits per heavy atom. The van der Waals surface area contributed by atoms with Crippen LogP contribution in [-0.4, -0.2) is 11.6 Å². The van der Waals surface area contributed by atoms with Crippen LogP contribution in [-0.2, 0) is 0 Å². The third-order valence-electron chi connectivity index (χ3n) is 2.36. The molecule has 0 aliphatic heterocycles. The van der Waals surface area contributed by atoms with Gasteiger partial charge in [0, 0.05) is 10.2 Å². The van der Waals surface area contributed by atoms with Crippen molar-refractivity contribution in [2.75, 3.05) is 11.6 Å². The highest BCUT2D eigenvalue weighted by Crippen LogP contribution is 2.19. The largest absolute Gasteiger partial charge is 0.130 e. The summed E-state index contributed by atoms with van der Waals surface area (Å²) in [6.07, 6.45) is 4.37. The van der Waals surface area contributed by atoms with Gasteiger partial charge < -0.3 is 0 Å². The molecule has 0 N–H and O–H groups in total. The maximum Gasteiger partial charge on any atom is 0.0247 e. The van der Waals surface area contributed by atoms with Crippen LogP contribution in [0, 0.1) is 5.92 Å². The van der Waals surface area contributed by atoms with Crippen LogP contribution in [0.2, 0.25) is 0 Å². The second-order valence-electron chi connectivity index (χ2n) is 3.78. The molecule has 0 spiro atoms. The van der Waals surface area contributed by atoms with Gasteiger partial charge >= 0.3 is 0 Å². The summed E-state index contributed by atoms with van der Waals surface area (Å²) in [4.78, 5) is 1.32. The second-order valence-corrected chi connectivity index (χ2v) is 5.22. The first kappa shape index (κ1) is 12.9. The van der Waals surface area contributed by atoms with Crippen LogP contribution in [0.5, 0.6) is 0 Å². The Kier molecular flexibility index (Phi) is 5.48. The molecule has 0 unspecified atom stereocenters. The van der Waals surface area contributed by atoms with Crippen molar-refractivity contribution >= 4 is 33.8 Å². The minimum atomic E-state index is 0.601. The number of halogens is 1. The lowest BCUT2D eigenvalue weighted by molar-refractivity contribution is 0.781. The highest BCUT2D eigenvalue weighted by atomic mass is 79.9. The van der Waals surface area contributed by atoms with Crippen molar-refractivity contribution < 1.29 is 0 Å². The van der Waals surface area contributed by atoms with Gasteiger partial charge in [0.25, 0.3) is 0 Å². The molecule has 1 aromatic rings. The maximum absolute atomic E-state index is 3.53. The molecule has 0 saturated heterocycles. The van der Waals surface area contributed by atoms with E-state index in [1.165, 1.54) is 16.0 Å². The molecule has 0 bridgehead atoms. The normalized spacial score (nSPS) is 12.2. The minimum absolute atomic E-state index is 0.601. The van der Waals surface area contributed by atoms with Gasteiger partial charge in [-0.05, 0) is 29.9 Å². The number of alkyl halides is 1. The number of allylic oxidation sites excluding steroid dienone is 1. The lowest BCUT2D eigenvalue weighted by Crippen LogP contribution is -1.94. The summed E-state index contributed by atoms with van der Waals surface area (Å²) >= 11 is 5.31. The zero-order chi connectivity index (χ0) is 11.3.